The van der Waals surface area contributed by atoms with Gasteiger partial charge in [-0.05, 0) is 35.9 Å². The second-order valence-electron chi connectivity index (χ2n) is 4.95. The summed E-state index contributed by atoms with van der Waals surface area (Å²) in [5.41, 5.74) is 3.47. The second kappa shape index (κ2) is 4.57. The van der Waals surface area contributed by atoms with Gasteiger partial charge in [0.25, 0.3) is 0 Å². The Bertz CT molecular complexity index is 741. The zero-order chi connectivity index (χ0) is 13.4. The van der Waals surface area contributed by atoms with Crippen molar-refractivity contribution in [2.75, 3.05) is 6.61 Å². The molecule has 0 saturated carbocycles. The van der Waals surface area contributed by atoms with E-state index in [1.165, 1.54) is 5.56 Å². The van der Waals surface area contributed by atoms with Crippen LogP contribution in [0.15, 0.2) is 65.1 Å². The fraction of sp³-hybridized carbons (Fsp3) is 0.111. The van der Waals surface area contributed by atoms with Gasteiger partial charge in [0, 0.05) is 17.5 Å². The monoisotopic (exact) mass is 262 g/mol. The van der Waals surface area contributed by atoms with Crippen molar-refractivity contribution in [1.29, 1.82) is 0 Å². The van der Waals surface area contributed by atoms with Crippen LogP contribution >= 0.6 is 0 Å². The Balaban J connectivity index is 1.72. The lowest BCUT2D eigenvalue weighted by molar-refractivity contribution is 0.357. The topological polar surface area (TPSA) is 22.4 Å². The van der Waals surface area contributed by atoms with Crippen LogP contribution in [0.2, 0.25) is 0 Å². The molecule has 0 radical (unpaired) electrons. The molecule has 4 rings (SSSR count). The minimum absolute atomic E-state index is 0.784. The summed E-state index contributed by atoms with van der Waals surface area (Å²) in [5.74, 6) is 2.81. The highest BCUT2D eigenvalue weighted by molar-refractivity contribution is 5.66. The maximum absolute atomic E-state index is 5.97. The maximum Gasteiger partial charge on any atom is 0.134 e. The molecule has 0 bridgehead atoms. The quantitative estimate of drug-likeness (QED) is 0.676. The van der Waals surface area contributed by atoms with E-state index >= 15 is 0 Å². The fourth-order valence-electron chi connectivity index (χ4n) is 2.59. The van der Waals surface area contributed by atoms with Crippen molar-refractivity contribution < 1.29 is 9.15 Å². The molecule has 2 aromatic carbocycles. The average Bonchev–Trinajstić information content (AvgIpc) is 3.16. The molecule has 1 aliphatic rings. The number of hydrogen-bond donors (Lipinski definition) is 0. The highest BCUT2D eigenvalue weighted by Crippen LogP contribution is 2.33. The van der Waals surface area contributed by atoms with Crippen LogP contribution in [0, 0.1) is 0 Å². The zero-order valence-electron chi connectivity index (χ0n) is 11.0. The van der Waals surface area contributed by atoms with Crippen molar-refractivity contribution in [2.45, 2.75) is 6.42 Å². The van der Waals surface area contributed by atoms with Crippen LogP contribution in [0.25, 0.3) is 22.6 Å². The average molecular weight is 262 g/mol. The molecule has 2 heterocycles. The summed E-state index contributed by atoms with van der Waals surface area (Å²) in [6, 6.07) is 20.4. The molecule has 0 saturated heterocycles. The number of benzene rings is 2. The first-order valence-corrected chi connectivity index (χ1v) is 6.81. The maximum atomic E-state index is 5.97. The van der Waals surface area contributed by atoms with Crippen LogP contribution in [0.4, 0.5) is 0 Å². The number of furan rings is 1. The molecule has 2 heteroatoms. The Morgan fingerprint density at radius 1 is 0.750 bits per heavy atom. The van der Waals surface area contributed by atoms with Gasteiger partial charge in [-0.1, -0.05) is 30.3 Å². The van der Waals surface area contributed by atoms with Gasteiger partial charge >= 0.3 is 0 Å². The Morgan fingerprint density at radius 2 is 1.55 bits per heavy atom. The van der Waals surface area contributed by atoms with E-state index in [1.807, 2.05) is 36.4 Å². The lowest BCUT2D eigenvalue weighted by atomic mass is 10.1. The first kappa shape index (κ1) is 11.4. The summed E-state index contributed by atoms with van der Waals surface area (Å²) in [7, 11) is 0. The van der Waals surface area contributed by atoms with E-state index < -0.39 is 0 Å². The molecule has 1 aromatic heterocycles. The summed E-state index contributed by atoms with van der Waals surface area (Å²) < 4.78 is 11.5. The third-order valence-corrected chi connectivity index (χ3v) is 3.64. The molecule has 0 aliphatic carbocycles. The third kappa shape index (κ3) is 1.90. The van der Waals surface area contributed by atoms with Crippen LogP contribution in [-0.2, 0) is 6.42 Å². The van der Waals surface area contributed by atoms with Gasteiger partial charge in [-0.2, -0.15) is 0 Å². The zero-order valence-corrected chi connectivity index (χ0v) is 11.0. The van der Waals surface area contributed by atoms with Gasteiger partial charge < -0.3 is 9.15 Å². The molecule has 0 fully saturated rings. The smallest absolute Gasteiger partial charge is 0.134 e. The standard InChI is InChI=1S/C18H14O2/c1-2-4-13(5-3-1)17-8-9-18(20-17)14-6-7-16-15(12-14)10-11-19-16/h1-9,12H,10-11H2. The van der Waals surface area contributed by atoms with E-state index in [-0.39, 0.29) is 0 Å². The molecular weight excluding hydrogens is 248 g/mol. The Hall–Kier alpha value is -2.48. The van der Waals surface area contributed by atoms with Gasteiger partial charge in [0.1, 0.15) is 17.3 Å². The van der Waals surface area contributed by atoms with Crippen molar-refractivity contribution in [2.24, 2.45) is 0 Å². The van der Waals surface area contributed by atoms with Crippen LogP contribution in [0.1, 0.15) is 5.56 Å². The predicted molar refractivity (Wildman–Crippen MR) is 78.8 cm³/mol. The van der Waals surface area contributed by atoms with E-state index in [2.05, 4.69) is 24.3 Å². The first-order chi connectivity index (χ1) is 9.90. The molecule has 0 spiro atoms. The number of ether oxygens (including phenoxy) is 1. The van der Waals surface area contributed by atoms with Crippen LogP contribution in [0.3, 0.4) is 0 Å². The third-order valence-electron chi connectivity index (χ3n) is 3.64. The minimum Gasteiger partial charge on any atom is -0.493 e. The van der Waals surface area contributed by atoms with Gasteiger partial charge in [-0.25, -0.2) is 0 Å². The summed E-state index contributed by atoms with van der Waals surface area (Å²) >= 11 is 0. The highest BCUT2D eigenvalue weighted by atomic mass is 16.5. The minimum atomic E-state index is 0.784. The van der Waals surface area contributed by atoms with E-state index in [9.17, 15) is 0 Å². The van der Waals surface area contributed by atoms with E-state index in [0.29, 0.717) is 0 Å². The molecule has 98 valence electrons. The molecule has 0 amide bonds. The SMILES string of the molecule is c1ccc(-c2ccc(-c3ccc4c(c3)CCO4)o2)cc1. The van der Waals surface area contributed by atoms with Crippen molar-refractivity contribution >= 4 is 0 Å². The molecule has 1 aliphatic heterocycles. The van der Waals surface area contributed by atoms with Crippen molar-refractivity contribution in [3.8, 4) is 28.4 Å². The summed E-state index contributed by atoms with van der Waals surface area (Å²) in [5, 5.41) is 0. The van der Waals surface area contributed by atoms with Gasteiger partial charge in [-0.15, -0.1) is 0 Å². The first-order valence-electron chi connectivity index (χ1n) is 6.81. The van der Waals surface area contributed by atoms with Gasteiger partial charge in [-0.3, -0.25) is 0 Å². The van der Waals surface area contributed by atoms with Gasteiger partial charge in [0.05, 0.1) is 6.61 Å². The number of hydrogen-bond acceptors (Lipinski definition) is 2. The molecule has 0 atom stereocenters. The van der Waals surface area contributed by atoms with Crippen molar-refractivity contribution in [1.82, 2.24) is 0 Å². The molecule has 0 N–H and O–H groups in total. The normalized spacial score (nSPS) is 13.0. The van der Waals surface area contributed by atoms with E-state index in [4.69, 9.17) is 9.15 Å². The Morgan fingerprint density at radius 3 is 2.40 bits per heavy atom. The number of rotatable bonds is 2. The molecular formula is C18H14O2. The molecule has 3 aromatic rings. The van der Waals surface area contributed by atoms with Crippen LogP contribution in [-0.4, -0.2) is 6.61 Å². The van der Waals surface area contributed by atoms with E-state index in [0.717, 1.165) is 41.4 Å². The Kier molecular flexibility index (Phi) is 2.59. The molecule has 0 unspecified atom stereocenters. The van der Waals surface area contributed by atoms with Crippen molar-refractivity contribution in [3.63, 3.8) is 0 Å². The highest BCUT2D eigenvalue weighted by Gasteiger charge is 2.14. The second-order valence-corrected chi connectivity index (χ2v) is 4.95. The summed E-state index contributed by atoms with van der Waals surface area (Å²) in [4.78, 5) is 0. The number of fused-ring (bicyclic) bond motifs is 1. The van der Waals surface area contributed by atoms with Gasteiger partial charge in [0.15, 0.2) is 0 Å². The van der Waals surface area contributed by atoms with E-state index in [1.54, 1.807) is 0 Å². The van der Waals surface area contributed by atoms with Crippen molar-refractivity contribution in [3.05, 3.63) is 66.2 Å². The lowest BCUT2D eigenvalue weighted by Crippen LogP contribution is -1.85. The predicted octanol–water partition coefficient (Wildman–Crippen LogP) is 4.55. The van der Waals surface area contributed by atoms with Crippen LogP contribution in [0.5, 0.6) is 5.75 Å². The largest absolute Gasteiger partial charge is 0.493 e. The molecule has 20 heavy (non-hydrogen) atoms. The lowest BCUT2D eigenvalue weighted by Gasteiger charge is -2.02. The van der Waals surface area contributed by atoms with Gasteiger partial charge in [0.2, 0.25) is 0 Å². The fourth-order valence-corrected chi connectivity index (χ4v) is 2.59. The summed E-state index contributed by atoms with van der Waals surface area (Å²) in [6.45, 7) is 0.784. The Labute approximate surface area is 117 Å². The molecule has 2 nitrogen and oxygen atoms in total. The van der Waals surface area contributed by atoms with Crippen LogP contribution < -0.4 is 4.74 Å². The summed E-state index contributed by atoms with van der Waals surface area (Å²) in [6.07, 6.45) is 0.982.